The van der Waals surface area contributed by atoms with Crippen LogP contribution in [0.2, 0.25) is 0 Å². The number of rotatable bonds is 9. The first-order valence-electron chi connectivity index (χ1n) is 9.49. The molecule has 0 fully saturated rings. The number of nitrogens with zero attached hydrogens (tertiary/aromatic N) is 1. The number of halogens is 1. The summed E-state index contributed by atoms with van der Waals surface area (Å²) in [5, 5.41) is 6.49. The summed E-state index contributed by atoms with van der Waals surface area (Å²) in [7, 11) is 3.24. The molecule has 2 aromatic rings. The third kappa shape index (κ3) is 6.48. The highest BCUT2D eigenvalue weighted by Crippen LogP contribution is 2.35. The van der Waals surface area contributed by atoms with Crippen molar-refractivity contribution < 1.29 is 23.7 Å². The summed E-state index contributed by atoms with van der Waals surface area (Å²) in [6.45, 7) is 4.64. The van der Waals surface area contributed by atoms with Crippen molar-refractivity contribution in [3.8, 4) is 28.7 Å². The van der Waals surface area contributed by atoms with Crippen LogP contribution in [0.25, 0.3) is 0 Å². The van der Waals surface area contributed by atoms with Gasteiger partial charge in [0.15, 0.2) is 29.0 Å². The van der Waals surface area contributed by atoms with Crippen LogP contribution in [0.15, 0.2) is 41.4 Å². The van der Waals surface area contributed by atoms with E-state index in [0.717, 1.165) is 29.6 Å². The van der Waals surface area contributed by atoms with E-state index in [4.69, 9.17) is 23.7 Å². The Morgan fingerprint density at radius 1 is 1.00 bits per heavy atom. The fourth-order valence-electron chi connectivity index (χ4n) is 2.80. The molecule has 0 amide bonds. The van der Waals surface area contributed by atoms with Gasteiger partial charge in [0, 0.05) is 12.6 Å². The van der Waals surface area contributed by atoms with Gasteiger partial charge < -0.3 is 34.3 Å². The molecule has 0 atom stereocenters. The Morgan fingerprint density at radius 3 is 2.57 bits per heavy atom. The molecule has 0 saturated heterocycles. The first-order chi connectivity index (χ1) is 14.2. The van der Waals surface area contributed by atoms with Crippen LogP contribution in [0.1, 0.15) is 12.5 Å². The average Bonchev–Trinajstić information content (AvgIpc) is 3.22. The summed E-state index contributed by atoms with van der Waals surface area (Å²) < 4.78 is 27.0. The Morgan fingerprint density at radius 2 is 1.80 bits per heavy atom. The first-order valence-corrected chi connectivity index (χ1v) is 9.49. The van der Waals surface area contributed by atoms with Gasteiger partial charge in [0.2, 0.25) is 6.79 Å². The lowest BCUT2D eigenvalue weighted by Crippen LogP contribution is -2.39. The van der Waals surface area contributed by atoms with E-state index in [1.807, 2.05) is 43.3 Å². The van der Waals surface area contributed by atoms with Gasteiger partial charge in [-0.1, -0.05) is 6.07 Å². The molecular formula is C21H28IN3O5. The monoisotopic (exact) mass is 529 g/mol. The minimum atomic E-state index is 0. The van der Waals surface area contributed by atoms with Crippen LogP contribution in [0.4, 0.5) is 0 Å². The maximum atomic E-state index is 5.77. The molecular weight excluding hydrogens is 501 g/mol. The number of methoxy groups -OCH3 is 2. The van der Waals surface area contributed by atoms with Crippen molar-refractivity contribution in [2.24, 2.45) is 4.99 Å². The molecule has 1 aliphatic rings. The molecule has 3 rings (SSSR count). The van der Waals surface area contributed by atoms with Crippen molar-refractivity contribution in [1.29, 1.82) is 0 Å². The van der Waals surface area contributed by atoms with Crippen molar-refractivity contribution >= 4 is 29.9 Å². The van der Waals surface area contributed by atoms with Crippen molar-refractivity contribution in [2.75, 3.05) is 40.7 Å². The van der Waals surface area contributed by atoms with E-state index in [2.05, 4.69) is 15.6 Å². The van der Waals surface area contributed by atoms with Gasteiger partial charge in [0.25, 0.3) is 0 Å². The highest BCUT2D eigenvalue weighted by molar-refractivity contribution is 14.0. The number of ether oxygens (including phenoxy) is 5. The number of hydrogen-bond donors (Lipinski definition) is 2. The predicted octanol–water partition coefficient (Wildman–Crippen LogP) is 3.18. The molecule has 30 heavy (non-hydrogen) atoms. The summed E-state index contributed by atoms with van der Waals surface area (Å²) in [5.41, 5.74) is 1.02. The number of nitrogens with one attached hydrogen (secondary N) is 2. The molecule has 0 aliphatic carbocycles. The highest BCUT2D eigenvalue weighted by atomic mass is 127. The number of benzene rings is 2. The van der Waals surface area contributed by atoms with Crippen LogP contribution < -0.4 is 34.3 Å². The lowest BCUT2D eigenvalue weighted by atomic mass is 10.2. The van der Waals surface area contributed by atoms with Gasteiger partial charge in [-0.3, -0.25) is 0 Å². The zero-order chi connectivity index (χ0) is 20.5. The van der Waals surface area contributed by atoms with Gasteiger partial charge >= 0.3 is 0 Å². The molecule has 1 heterocycles. The Bertz CT molecular complexity index is 847. The molecule has 2 N–H and O–H groups in total. The highest BCUT2D eigenvalue weighted by Gasteiger charge is 2.13. The Balaban J connectivity index is 0.00000320. The van der Waals surface area contributed by atoms with E-state index in [1.54, 1.807) is 14.2 Å². The summed E-state index contributed by atoms with van der Waals surface area (Å²) in [6.07, 6.45) is 0. The average molecular weight is 529 g/mol. The zero-order valence-corrected chi connectivity index (χ0v) is 19.7. The van der Waals surface area contributed by atoms with Crippen molar-refractivity contribution in [3.63, 3.8) is 0 Å². The maximum absolute atomic E-state index is 5.77. The minimum Gasteiger partial charge on any atom is -0.493 e. The third-order valence-corrected chi connectivity index (χ3v) is 4.22. The second-order valence-corrected chi connectivity index (χ2v) is 6.17. The zero-order valence-electron chi connectivity index (χ0n) is 17.4. The van der Waals surface area contributed by atoms with E-state index >= 15 is 0 Å². The predicted molar refractivity (Wildman–Crippen MR) is 126 cm³/mol. The van der Waals surface area contributed by atoms with E-state index in [1.165, 1.54) is 0 Å². The fourth-order valence-corrected chi connectivity index (χ4v) is 2.80. The quantitative estimate of drug-likeness (QED) is 0.224. The number of hydrogen-bond acceptors (Lipinski definition) is 6. The number of fused-ring (bicyclic) bond motifs is 1. The largest absolute Gasteiger partial charge is 0.493 e. The van der Waals surface area contributed by atoms with Crippen LogP contribution in [0.3, 0.4) is 0 Å². The standard InChI is InChI=1S/C21H27N3O5.HI/c1-4-22-21(24-13-15-5-7-17(25-2)19(11-15)26-3)23-9-10-27-16-6-8-18-20(12-16)29-14-28-18;/h5-8,11-12H,4,9-10,13-14H2,1-3H3,(H2,22,23,24);1H. The summed E-state index contributed by atoms with van der Waals surface area (Å²) >= 11 is 0. The molecule has 8 nitrogen and oxygen atoms in total. The Kier molecular flexibility index (Phi) is 9.65. The Labute approximate surface area is 193 Å². The normalized spacial score (nSPS) is 12.0. The lowest BCUT2D eigenvalue weighted by molar-refractivity contribution is 0.173. The minimum absolute atomic E-state index is 0. The second-order valence-electron chi connectivity index (χ2n) is 6.17. The van der Waals surface area contributed by atoms with Gasteiger partial charge in [0.1, 0.15) is 12.4 Å². The summed E-state index contributed by atoms with van der Waals surface area (Å²) in [6, 6.07) is 11.3. The lowest BCUT2D eigenvalue weighted by Gasteiger charge is -2.13. The molecule has 0 bridgehead atoms. The van der Waals surface area contributed by atoms with Gasteiger partial charge in [-0.15, -0.1) is 24.0 Å². The molecule has 0 saturated carbocycles. The van der Waals surface area contributed by atoms with Crippen molar-refractivity contribution in [2.45, 2.75) is 13.5 Å². The molecule has 0 unspecified atom stereocenters. The molecule has 0 aromatic heterocycles. The van der Waals surface area contributed by atoms with Gasteiger partial charge in [-0.05, 0) is 36.8 Å². The van der Waals surface area contributed by atoms with Crippen LogP contribution >= 0.6 is 24.0 Å². The molecule has 2 aromatic carbocycles. The molecule has 164 valence electrons. The van der Waals surface area contributed by atoms with Gasteiger partial charge in [-0.25, -0.2) is 4.99 Å². The van der Waals surface area contributed by atoms with E-state index in [9.17, 15) is 0 Å². The SMILES string of the molecule is CCNC(=NCc1ccc(OC)c(OC)c1)NCCOc1ccc2c(c1)OCO2.I. The second kappa shape index (κ2) is 12.2. The van der Waals surface area contributed by atoms with E-state index in [0.29, 0.717) is 36.9 Å². The number of aliphatic imine (C=N–C) groups is 1. The number of guanidine groups is 1. The van der Waals surface area contributed by atoms with Gasteiger partial charge in [0.05, 0.1) is 27.3 Å². The molecule has 9 heteroatoms. The van der Waals surface area contributed by atoms with Crippen molar-refractivity contribution in [3.05, 3.63) is 42.0 Å². The topological polar surface area (TPSA) is 82.6 Å². The third-order valence-electron chi connectivity index (χ3n) is 4.22. The smallest absolute Gasteiger partial charge is 0.231 e. The fraction of sp³-hybridized carbons (Fsp3) is 0.381. The molecule has 0 radical (unpaired) electrons. The summed E-state index contributed by atoms with van der Waals surface area (Å²) in [5.74, 6) is 4.30. The molecule has 0 spiro atoms. The Hall–Kier alpha value is -2.56. The van der Waals surface area contributed by atoms with Crippen LogP contribution in [0.5, 0.6) is 28.7 Å². The van der Waals surface area contributed by atoms with Crippen LogP contribution in [0, 0.1) is 0 Å². The van der Waals surface area contributed by atoms with E-state index in [-0.39, 0.29) is 30.8 Å². The van der Waals surface area contributed by atoms with Crippen molar-refractivity contribution in [1.82, 2.24) is 10.6 Å². The van der Waals surface area contributed by atoms with Crippen LogP contribution in [-0.2, 0) is 6.54 Å². The molecule has 1 aliphatic heterocycles. The van der Waals surface area contributed by atoms with Crippen LogP contribution in [-0.4, -0.2) is 46.7 Å². The van der Waals surface area contributed by atoms with E-state index < -0.39 is 0 Å². The van der Waals surface area contributed by atoms with Gasteiger partial charge in [-0.2, -0.15) is 0 Å². The first kappa shape index (κ1) is 23.7. The maximum Gasteiger partial charge on any atom is 0.231 e. The summed E-state index contributed by atoms with van der Waals surface area (Å²) in [4.78, 5) is 4.61.